The van der Waals surface area contributed by atoms with Gasteiger partial charge in [-0.15, -0.1) is 0 Å². The Kier molecular flexibility index (Phi) is 8.72. The molecule has 1 aromatic heterocycles. The summed E-state index contributed by atoms with van der Waals surface area (Å²) in [5, 5.41) is 29.9. The number of sulfonamides is 1. The second-order valence-electron chi connectivity index (χ2n) is 11.2. The van der Waals surface area contributed by atoms with Gasteiger partial charge in [0.15, 0.2) is 5.41 Å². The number of nitriles is 3. The molecule has 2 aliphatic heterocycles. The molecule has 6 rings (SSSR count). The molecule has 1 atom stereocenters. The van der Waals surface area contributed by atoms with Crippen LogP contribution in [-0.2, 0) is 25.0 Å². The number of hydrogen-bond acceptors (Lipinski definition) is 11. The van der Waals surface area contributed by atoms with Crippen molar-refractivity contribution in [1.82, 2.24) is 15.4 Å². The second kappa shape index (κ2) is 13.1. The molecule has 0 radical (unpaired) electrons. The van der Waals surface area contributed by atoms with E-state index in [9.17, 15) is 28.5 Å². The Morgan fingerprint density at radius 3 is 2.16 bits per heavy atom. The number of carbonyl (C=O) groups excluding carboxylic acids is 2. The summed E-state index contributed by atoms with van der Waals surface area (Å²) >= 11 is 0. The molecule has 1 unspecified atom stereocenters. The zero-order valence-electron chi connectivity index (χ0n) is 26.2. The number of ether oxygens (including phenoxy) is 1. The lowest BCUT2D eigenvalue weighted by molar-refractivity contribution is -0.136. The van der Waals surface area contributed by atoms with Crippen molar-refractivity contribution < 1.29 is 22.7 Å². The van der Waals surface area contributed by atoms with Crippen molar-refractivity contribution in [1.29, 1.82) is 15.8 Å². The van der Waals surface area contributed by atoms with Crippen molar-refractivity contribution in [2.45, 2.75) is 17.2 Å². The molecular formula is C35H28N8O5S. The molecule has 2 aliphatic rings. The summed E-state index contributed by atoms with van der Waals surface area (Å²) in [5.41, 5.74) is 1.37. The smallest absolute Gasteiger partial charge is 0.270 e. The van der Waals surface area contributed by atoms with E-state index in [0.29, 0.717) is 41.9 Å². The average Bonchev–Trinajstić information content (AvgIpc) is 3.40. The summed E-state index contributed by atoms with van der Waals surface area (Å²) in [6.07, 6.45) is 1.49. The van der Waals surface area contributed by atoms with E-state index < -0.39 is 27.3 Å². The topological polar surface area (TPSA) is 184 Å². The number of rotatable bonds is 8. The molecule has 0 saturated carbocycles. The van der Waals surface area contributed by atoms with Crippen molar-refractivity contribution in [3.8, 4) is 24.0 Å². The summed E-state index contributed by atoms with van der Waals surface area (Å²) in [4.78, 5) is 35.9. The standard InChI is InChI=1S/C35H28N8O5S/c1-2-48-31-6-4-3-5-28(31)35(33(44)40-42-17-15-41(16-18-42)32-14-10-26(22-38)23-39-32)29-19-25(21-37)9-13-30(29)43(34(35)45)49(46,47)27-11-7-24(20-36)8-12-27/h3-14,19,23H,2,15-18H2,1H3,(H,40,44). The Labute approximate surface area is 282 Å². The number of fused-ring (bicyclic) bond motifs is 1. The van der Waals surface area contributed by atoms with E-state index in [1.54, 1.807) is 42.3 Å². The summed E-state index contributed by atoms with van der Waals surface area (Å²) in [5.74, 6) is -1.05. The number of anilines is 2. The molecule has 0 bridgehead atoms. The second-order valence-corrected chi connectivity index (χ2v) is 13.0. The predicted octanol–water partition coefficient (Wildman–Crippen LogP) is 2.97. The Hall–Kier alpha value is -6.27. The average molecular weight is 673 g/mol. The number of carbonyl (C=O) groups is 2. The van der Waals surface area contributed by atoms with Crippen molar-refractivity contribution in [3.05, 3.63) is 113 Å². The zero-order valence-corrected chi connectivity index (χ0v) is 27.0. The van der Waals surface area contributed by atoms with Crippen LogP contribution in [0, 0.1) is 34.0 Å². The first-order valence-electron chi connectivity index (χ1n) is 15.2. The highest BCUT2D eigenvalue weighted by Crippen LogP contribution is 2.51. The Morgan fingerprint density at radius 2 is 1.53 bits per heavy atom. The summed E-state index contributed by atoms with van der Waals surface area (Å²) < 4.78 is 35.0. The van der Waals surface area contributed by atoms with Crippen molar-refractivity contribution in [2.24, 2.45) is 0 Å². The molecule has 49 heavy (non-hydrogen) atoms. The van der Waals surface area contributed by atoms with Gasteiger partial charge in [-0.05, 0) is 67.6 Å². The first-order valence-corrected chi connectivity index (χ1v) is 16.7. The predicted molar refractivity (Wildman–Crippen MR) is 176 cm³/mol. The molecule has 0 aliphatic carbocycles. The van der Waals surface area contributed by atoms with Crippen LogP contribution in [0.1, 0.15) is 34.7 Å². The van der Waals surface area contributed by atoms with Crippen molar-refractivity contribution in [3.63, 3.8) is 0 Å². The molecule has 13 nitrogen and oxygen atoms in total. The number of amides is 2. The lowest BCUT2D eigenvalue weighted by atomic mass is 9.73. The maximum atomic E-state index is 15.0. The Morgan fingerprint density at radius 1 is 0.878 bits per heavy atom. The molecule has 2 amide bonds. The number of nitrogens with one attached hydrogen (secondary N) is 1. The summed E-state index contributed by atoms with van der Waals surface area (Å²) in [6.45, 7) is 3.47. The molecule has 14 heteroatoms. The highest BCUT2D eigenvalue weighted by Gasteiger charge is 2.62. The van der Waals surface area contributed by atoms with Crippen LogP contribution in [0.5, 0.6) is 5.75 Å². The Bertz CT molecular complexity index is 2180. The number of hydrazine groups is 1. The van der Waals surface area contributed by atoms with Gasteiger partial charge in [0, 0.05) is 43.5 Å². The number of para-hydroxylation sites is 1. The molecule has 1 saturated heterocycles. The van der Waals surface area contributed by atoms with E-state index in [1.807, 2.05) is 23.1 Å². The van der Waals surface area contributed by atoms with Gasteiger partial charge in [0.25, 0.3) is 21.8 Å². The maximum Gasteiger partial charge on any atom is 0.270 e. The number of piperazine rings is 1. The van der Waals surface area contributed by atoms with Crippen LogP contribution >= 0.6 is 0 Å². The number of hydrogen-bond donors (Lipinski definition) is 1. The van der Waals surface area contributed by atoms with E-state index in [1.165, 1.54) is 54.7 Å². The van der Waals surface area contributed by atoms with Gasteiger partial charge >= 0.3 is 0 Å². The van der Waals surface area contributed by atoms with Crippen LogP contribution < -0.4 is 19.4 Å². The van der Waals surface area contributed by atoms with E-state index in [0.717, 1.165) is 0 Å². The quantitative estimate of drug-likeness (QED) is 0.272. The molecule has 244 valence electrons. The third-order valence-corrected chi connectivity index (χ3v) is 10.2. The minimum Gasteiger partial charge on any atom is -0.494 e. The summed E-state index contributed by atoms with van der Waals surface area (Å²) in [6, 6.07) is 25.0. The van der Waals surface area contributed by atoms with Crippen LogP contribution in [-0.4, -0.2) is 63.0 Å². The van der Waals surface area contributed by atoms with Gasteiger partial charge in [-0.25, -0.2) is 22.7 Å². The van der Waals surface area contributed by atoms with Gasteiger partial charge < -0.3 is 9.64 Å². The van der Waals surface area contributed by atoms with Gasteiger partial charge in [-0.3, -0.25) is 15.0 Å². The molecular weight excluding hydrogens is 645 g/mol. The molecule has 0 spiro atoms. The Balaban J connectivity index is 1.45. The van der Waals surface area contributed by atoms with Crippen LogP contribution in [0.15, 0.2) is 90.0 Å². The third kappa shape index (κ3) is 5.57. The first-order chi connectivity index (χ1) is 23.7. The van der Waals surface area contributed by atoms with Gasteiger partial charge in [-0.1, -0.05) is 18.2 Å². The monoisotopic (exact) mass is 672 g/mol. The summed E-state index contributed by atoms with van der Waals surface area (Å²) in [7, 11) is -4.64. The molecule has 4 aromatic rings. The van der Waals surface area contributed by atoms with Crippen molar-refractivity contribution >= 4 is 33.3 Å². The lowest BCUT2D eigenvalue weighted by Crippen LogP contribution is -2.60. The minimum atomic E-state index is -4.64. The largest absolute Gasteiger partial charge is 0.494 e. The highest BCUT2D eigenvalue weighted by atomic mass is 32.2. The fourth-order valence-electron chi connectivity index (χ4n) is 6.08. The van der Waals surface area contributed by atoms with E-state index in [2.05, 4.69) is 10.4 Å². The van der Waals surface area contributed by atoms with Crippen LogP contribution in [0.4, 0.5) is 11.5 Å². The molecule has 1 fully saturated rings. The first kappa shape index (κ1) is 32.7. The SMILES string of the molecule is CCOc1ccccc1C1(C(=O)NN2CCN(c3ccc(C#N)cn3)CC2)C(=O)N(S(=O)(=O)c2ccc(C#N)cc2)c2ccc(C#N)cc21. The van der Waals surface area contributed by atoms with E-state index in [4.69, 9.17) is 10.00 Å². The fraction of sp³-hybridized carbons (Fsp3) is 0.200. The normalized spacial score (nSPS) is 17.4. The van der Waals surface area contributed by atoms with Crippen LogP contribution in [0.2, 0.25) is 0 Å². The van der Waals surface area contributed by atoms with Gasteiger partial charge in [0.2, 0.25) is 0 Å². The number of nitrogens with zero attached hydrogens (tertiary/aromatic N) is 7. The highest BCUT2D eigenvalue weighted by molar-refractivity contribution is 7.93. The van der Waals surface area contributed by atoms with Crippen LogP contribution in [0.25, 0.3) is 0 Å². The minimum absolute atomic E-state index is 0.00107. The number of aromatic nitrogens is 1. The molecule has 3 heterocycles. The van der Waals surface area contributed by atoms with E-state index >= 15 is 0 Å². The number of pyridine rings is 1. The van der Waals surface area contributed by atoms with Crippen LogP contribution in [0.3, 0.4) is 0 Å². The maximum absolute atomic E-state index is 15.0. The number of benzene rings is 3. The third-order valence-electron chi connectivity index (χ3n) is 8.45. The van der Waals surface area contributed by atoms with Gasteiger partial charge in [-0.2, -0.15) is 15.8 Å². The van der Waals surface area contributed by atoms with Crippen molar-refractivity contribution in [2.75, 3.05) is 42.0 Å². The lowest BCUT2D eigenvalue weighted by Gasteiger charge is -2.37. The molecule has 1 N–H and O–H groups in total. The van der Waals surface area contributed by atoms with Gasteiger partial charge in [0.1, 0.15) is 17.6 Å². The fourth-order valence-corrected chi connectivity index (χ4v) is 7.54. The zero-order chi connectivity index (χ0) is 34.8. The van der Waals surface area contributed by atoms with E-state index in [-0.39, 0.29) is 45.2 Å². The molecule has 3 aromatic carbocycles. The van der Waals surface area contributed by atoms with Gasteiger partial charge in [0.05, 0.1) is 46.0 Å².